The predicted octanol–water partition coefficient (Wildman–Crippen LogP) is 1.32. The fourth-order valence-electron chi connectivity index (χ4n) is 2.68. The molecule has 5 nitrogen and oxygen atoms in total. The summed E-state index contributed by atoms with van der Waals surface area (Å²) in [6.45, 7) is 13.2. The van der Waals surface area contributed by atoms with Crippen LogP contribution in [0, 0.1) is 5.41 Å². The number of nitrogens with two attached hydrogens (primary N) is 1. The smallest absolute Gasteiger partial charge is 0.222 e. The molecule has 0 aromatic rings. The molecule has 1 rings (SSSR count). The van der Waals surface area contributed by atoms with Gasteiger partial charge in [-0.25, -0.2) is 0 Å². The highest BCUT2D eigenvalue weighted by Crippen LogP contribution is 2.15. The van der Waals surface area contributed by atoms with Crippen molar-refractivity contribution < 1.29 is 9.53 Å². The molecule has 0 aliphatic carbocycles. The normalized spacial score (nSPS) is 16.5. The van der Waals surface area contributed by atoms with Crippen LogP contribution < -0.4 is 5.73 Å². The summed E-state index contributed by atoms with van der Waals surface area (Å²) in [5.41, 5.74) is 5.97. The SMILES string of the molecule is CCCN(CCCC(=O)N1CCOCC1)CC(C)(C)CN. The predicted molar refractivity (Wildman–Crippen MR) is 86.2 cm³/mol. The van der Waals surface area contributed by atoms with Crippen LogP contribution in [-0.2, 0) is 9.53 Å². The second-order valence-corrected chi connectivity index (χ2v) is 6.74. The molecular formula is C16H33N3O2. The van der Waals surface area contributed by atoms with Gasteiger partial charge in [-0.1, -0.05) is 20.8 Å². The van der Waals surface area contributed by atoms with E-state index in [1.54, 1.807) is 0 Å². The van der Waals surface area contributed by atoms with E-state index in [1.165, 1.54) is 0 Å². The van der Waals surface area contributed by atoms with Crippen molar-refractivity contribution >= 4 is 5.91 Å². The number of nitrogens with zero attached hydrogens (tertiary/aromatic N) is 2. The molecule has 1 aliphatic rings. The summed E-state index contributed by atoms with van der Waals surface area (Å²) in [6, 6.07) is 0. The molecule has 1 saturated heterocycles. The molecule has 1 heterocycles. The van der Waals surface area contributed by atoms with Gasteiger partial charge in [0, 0.05) is 26.1 Å². The van der Waals surface area contributed by atoms with Crippen LogP contribution in [0.2, 0.25) is 0 Å². The van der Waals surface area contributed by atoms with Gasteiger partial charge in [-0.2, -0.15) is 0 Å². The number of rotatable bonds is 9. The zero-order valence-corrected chi connectivity index (χ0v) is 14.1. The first-order valence-electron chi connectivity index (χ1n) is 8.26. The number of morpholine rings is 1. The Morgan fingerprint density at radius 2 is 1.95 bits per heavy atom. The lowest BCUT2D eigenvalue weighted by atomic mass is 9.93. The summed E-state index contributed by atoms with van der Waals surface area (Å²) in [5, 5.41) is 0. The van der Waals surface area contributed by atoms with Crippen LogP contribution in [0.15, 0.2) is 0 Å². The van der Waals surface area contributed by atoms with Crippen molar-refractivity contribution in [3.63, 3.8) is 0 Å². The Labute approximate surface area is 129 Å². The summed E-state index contributed by atoms with van der Waals surface area (Å²) in [4.78, 5) is 16.5. The molecule has 2 N–H and O–H groups in total. The van der Waals surface area contributed by atoms with Gasteiger partial charge in [0.05, 0.1) is 13.2 Å². The molecule has 1 aliphatic heterocycles. The first-order valence-corrected chi connectivity index (χ1v) is 8.26. The first kappa shape index (κ1) is 18.4. The quantitative estimate of drug-likeness (QED) is 0.697. The second-order valence-electron chi connectivity index (χ2n) is 6.74. The van der Waals surface area contributed by atoms with Gasteiger partial charge in [0.2, 0.25) is 5.91 Å². The Morgan fingerprint density at radius 3 is 2.52 bits per heavy atom. The first-order chi connectivity index (χ1) is 9.98. The van der Waals surface area contributed by atoms with Gasteiger partial charge in [-0.05, 0) is 37.9 Å². The van der Waals surface area contributed by atoms with Crippen molar-refractivity contribution in [3.8, 4) is 0 Å². The number of hydrogen-bond acceptors (Lipinski definition) is 4. The van der Waals surface area contributed by atoms with Crippen molar-refractivity contribution in [2.45, 2.75) is 40.0 Å². The van der Waals surface area contributed by atoms with E-state index in [-0.39, 0.29) is 11.3 Å². The van der Waals surface area contributed by atoms with E-state index in [0.717, 1.165) is 45.6 Å². The summed E-state index contributed by atoms with van der Waals surface area (Å²) < 4.78 is 5.28. The number of carbonyl (C=O) groups is 1. The minimum Gasteiger partial charge on any atom is -0.378 e. The summed E-state index contributed by atoms with van der Waals surface area (Å²) in [7, 11) is 0. The van der Waals surface area contributed by atoms with E-state index in [1.807, 2.05) is 4.90 Å². The molecule has 0 bridgehead atoms. The van der Waals surface area contributed by atoms with Crippen LogP contribution in [0.3, 0.4) is 0 Å². The van der Waals surface area contributed by atoms with Crippen LogP contribution in [0.4, 0.5) is 0 Å². The highest BCUT2D eigenvalue weighted by atomic mass is 16.5. The van der Waals surface area contributed by atoms with Crippen LogP contribution in [0.5, 0.6) is 0 Å². The van der Waals surface area contributed by atoms with Crippen molar-refractivity contribution in [2.24, 2.45) is 11.1 Å². The van der Waals surface area contributed by atoms with Crippen molar-refractivity contribution in [1.82, 2.24) is 9.80 Å². The standard InChI is InChI=1S/C16H33N3O2/c1-4-7-18(14-16(2,3)13-17)8-5-6-15(20)19-9-11-21-12-10-19/h4-14,17H2,1-3H3. The van der Waals surface area contributed by atoms with Crippen molar-refractivity contribution in [1.29, 1.82) is 0 Å². The Kier molecular flexibility index (Phi) is 8.22. The number of carbonyl (C=O) groups excluding carboxylic acids is 1. The van der Waals surface area contributed by atoms with E-state index in [0.29, 0.717) is 26.2 Å². The Balaban J connectivity index is 2.30. The molecular weight excluding hydrogens is 266 g/mol. The van der Waals surface area contributed by atoms with E-state index in [9.17, 15) is 4.79 Å². The van der Waals surface area contributed by atoms with E-state index in [4.69, 9.17) is 10.5 Å². The number of ether oxygens (including phenoxy) is 1. The van der Waals surface area contributed by atoms with Gasteiger partial charge < -0.3 is 20.3 Å². The Bertz CT molecular complexity index is 302. The third-order valence-corrected chi connectivity index (χ3v) is 3.97. The van der Waals surface area contributed by atoms with Gasteiger partial charge in [-0.3, -0.25) is 4.79 Å². The van der Waals surface area contributed by atoms with Crippen LogP contribution in [-0.4, -0.2) is 68.2 Å². The molecule has 0 radical (unpaired) electrons. The average molecular weight is 299 g/mol. The van der Waals surface area contributed by atoms with E-state index in [2.05, 4.69) is 25.7 Å². The van der Waals surface area contributed by atoms with Crippen molar-refractivity contribution in [2.75, 3.05) is 52.5 Å². The molecule has 0 aromatic heterocycles. The summed E-state index contributed by atoms with van der Waals surface area (Å²) in [5.74, 6) is 0.271. The maximum absolute atomic E-state index is 12.1. The largest absolute Gasteiger partial charge is 0.378 e. The number of amides is 1. The average Bonchev–Trinajstić information content (AvgIpc) is 2.48. The van der Waals surface area contributed by atoms with E-state index < -0.39 is 0 Å². The molecule has 0 saturated carbocycles. The number of hydrogen-bond donors (Lipinski definition) is 1. The Hall–Kier alpha value is -0.650. The van der Waals surface area contributed by atoms with Crippen LogP contribution >= 0.6 is 0 Å². The van der Waals surface area contributed by atoms with Gasteiger partial charge in [0.15, 0.2) is 0 Å². The molecule has 124 valence electrons. The molecule has 5 heteroatoms. The maximum Gasteiger partial charge on any atom is 0.222 e. The van der Waals surface area contributed by atoms with Crippen molar-refractivity contribution in [3.05, 3.63) is 0 Å². The highest BCUT2D eigenvalue weighted by molar-refractivity contribution is 5.76. The van der Waals surface area contributed by atoms with Gasteiger partial charge >= 0.3 is 0 Å². The fourth-order valence-corrected chi connectivity index (χ4v) is 2.68. The molecule has 21 heavy (non-hydrogen) atoms. The monoisotopic (exact) mass is 299 g/mol. The van der Waals surface area contributed by atoms with Gasteiger partial charge in [0.25, 0.3) is 0 Å². The molecule has 1 amide bonds. The lowest BCUT2D eigenvalue weighted by molar-refractivity contribution is -0.135. The highest BCUT2D eigenvalue weighted by Gasteiger charge is 2.20. The lowest BCUT2D eigenvalue weighted by Gasteiger charge is -2.32. The Morgan fingerprint density at radius 1 is 1.29 bits per heavy atom. The summed E-state index contributed by atoms with van der Waals surface area (Å²) >= 11 is 0. The fraction of sp³-hybridized carbons (Fsp3) is 0.938. The van der Waals surface area contributed by atoms with Crippen LogP contribution in [0.1, 0.15) is 40.0 Å². The lowest BCUT2D eigenvalue weighted by Crippen LogP contribution is -2.42. The topological polar surface area (TPSA) is 58.8 Å². The molecule has 0 unspecified atom stereocenters. The minimum absolute atomic E-state index is 0.142. The second kappa shape index (κ2) is 9.38. The zero-order valence-electron chi connectivity index (χ0n) is 14.1. The van der Waals surface area contributed by atoms with Gasteiger partial charge in [-0.15, -0.1) is 0 Å². The molecule has 0 atom stereocenters. The summed E-state index contributed by atoms with van der Waals surface area (Å²) in [6.07, 6.45) is 2.71. The minimum atomic E-state index is 0.142. The van der Waals surface area contributed by atoms with Gasteiger partial charge in [0.1, 0.15) is 0 Å². The third kappa shape index (κ3) is 7.25. The third-order valence-electron chi connectivity index (χ3n) is 3.97. The van der Waals surface area contributed by atoms with E-state index >= 15 is 0 Å². The van der Waals surface area contributed by atoms with Crippen LogP contribution in [0.25, 0.3) is 0 Å². The molecule has 0 aromatic carbocycles. The maximum atomic E-state index is 12.1. The molecule has 0 spiro atoms. The zero-order chi connectivity index (χ0) is 15.7. The molecule has 1 fully saturated rings.